The van der Waals surface area contributed by atoms with Gasteiger partial charge in [-0.1, -0.05) is 20.3 Å². The number of rotatable bonds is 4. The molecule has 0 aliphatic carbocycles. The van der Waals surface area contributed by atoms with Crippen molar-refractivity contribution in [3.8, 4) is 0 Å². The maximum absolute atomic E-state index is 10.8. The zero-order valence-electron chi connectivity index (χ0n) is 6.65. The Bertz CT molecular complexity index is 116. The zero-order chi connectivity index (χ0) is 8.15. The lowest BCUT2D eigenvalue weighted by Gasteiger charge is -2.17. The fourth-order valence-corrected chi connectivity index (χ4v) is 1.19. The summed E-state index contributed by atoms with van der Waals surface area (Å²) in [7, 11) is 0. The van der Waals surface area contributed by atoms with E-state index in [1.54, 1.807) is 6.92 Å². The van der Waals surface area contributed by atoms with Crippen molar-refractivity contribution in [3.63, 3.8) is 0 Å². The highest BCUT2D eigenvalue weighted by atomic mass is 35.5. The fourth-order valence-electron chi connectivity index (χ4n) is 0.821. The average molecular weight is 164 g/mol. The molecule has 0 saturated heterocycles. The van der Waals surface area contributed by atoms with Crippen LogP contribution in [0.5, 0.6) is 0 Å². The summed E-state index contributed by atoms with van der Waals surface area (Å²) < 4.78 is 0. The number of nitrogens with one attached hydrogen (secondary N) is 1. The SMILES string of the molecule is CC[C@H](C)[C@@H](NCl)C(C)=O. The van der Waals surface area contributed by atoms with Gasteiger partial charge in [-0.25, -0.2) is 4.84 Å². The van der Waals surface area contributed by atoms with E-state index in [1.807, 2.05) is 13.8 Å². The van der Waals surface area contributed by atoms with Crippen molar-refractivity contribution in [1.82, 2.24) is 4.84 Å². The molecular formula is C7H14ClNO. The zero-order valence-corrected chi connectivity index (χ0v) is 7.40. The number of ketones is 1. The topological polar surface area (TPSA) is 29.1 Å². The van der Waals surface area contributed by atoms with Crippen LogP contribution in [-0.2, 0) is 4.79 Å². The molecule has 0 bridgehead atoms. The van der Waals surface area contributed by atoms with Crippen LogP contribution in [0.2, 0.25) is 0 Å². The van der Waals surface area contributed by atoms with Crippen molar-refractivity contribution in [3.05, 3.63) is 0 Å². The molecule has 3 heteroatoms. The van der Waals surface area contributed by atoms with E-state index in [2.05, 4.69) is 4.84 Å². The Morgan fingerprint density at radius 2 is 2.20 bits per heavy atom. The molecule has 0 heterocycles. The highest BCUT2D eigenvalue weighted by molar-refractivity contribution is 6.15. The van der Waals surface area contributed by atoms with Gasteiger partial charge >= 0.3 is 0 Å². The summed E-state index contributed by atoms with van der Waals surface area (Å²) in [5.41, 5.74) is 0. The van der Waals surface area contributed by atoms with Crippen LogP contribution < -0.4 is 4.84 Å². The Balaban J connectivity index is 3.92. The summed E-state index contributed by atoms with van der Waals surface area (Å²) in [5.74, 6) is 0.416. The molecule has 0 rings (SSSR count). The molecule has 0 amide bonds. The van der Waals surface area contributed by atoms with Crippen molar-refractivity contribution >= 4 is 17.6 Å². The first-order valence-electron chi connectivity index (χ1n) is 3.50. The second-order valence-electron chi connectivity index (χ2n) is 2.58. The first kappa shape index (κ1) is 9.92. The van der Waals surface area contributed by atoms with Crippen molar-refractivity contribution in [1.29, 1.82) is 0 Å². The summed E-state index contributed by atoms with van der Waals surface area (Å²) in [6.45, 7) is 5.59. The monoisotopic (exact) mass is 163 g/mol. The van der Waals surface area contributed by atoms with E-state index >= 15 is 0 Å². The van der Waals surface area contributed by atoms with Gasteiger partial charge in [0.25, 0.3) is 0 Å². The second-order valence-corrected chi connectivity index (χ2v) is 2.80. The lowest BCUT2D eigenvalue weighted by atomic mass is 9.97. The standard InChI is InChI=1S/C7H14ClNO/c1-4-5(2)7(9-8)6(3)10/h5,7,9H,4H2,1-3H3/t5-,7+/m0/s1. The van der Waals surface area contributed by atoms with E-state index in [1.165, 1.54) is 0 Å². The quantitative estimate of drug-likeness (QED) is 0.640. The van der Waals surface area contributed by atoms with Gasteiger partial charge in [0.15, 0.2) is 0 Å². The van der Waals surface area contributed by atoms with Crippen LogP contribution in [0.15, 0.2) is 0 Å². The van der Waals surface area contributed by atoms with Crippen LogP contribution in [0.3, 0.4) is 0 Å². The molecule has 0 aliphatic rings. The Hall–Kier alpha value is -0.0800. The first-order chi connectivity index (χ1) is 4.63. The molecule has 1 N–H and O–H groups in total. The molecular weight excluding hydrogens is 150 g/mol. The van der Waals surface area contributed by atoms with Gasteiger partial charge < -0.3 is 0 Å². The van der Waals surface area contributed by atoms with Gasteiger partial charge in [0, 0.05) is 0 Å². The molecule has 0 aromatic rings. The predicted octanol–water partition coefficient (Wildman–Crippen LogP) is 1.73. The van der Waals surface area contributed by atoms with Gasteiger partial charge in [0.05, 0.1) is 6.04 Å². The smallest absolute Gasteiger partial charge is 0.148 e. The molecule has 0 aromatic carbocycles. The van der Waals surface area contributed by atoms with Gasteiger partial charge in [-0.2, -0.15) is 0 Å². The summed E-state index contributed by atoms with van der Waals surface area (Å²) in [6, 6.07) is -0.188. The van der Waals surface area contributed by atoms with Gasteiger partial charge in [-0.15, -0.1) is 0 Å². The molecule has 0 spiro atoms. The molecule has 2 nitrogen and oxygen atoms in total. The Morgan fingerprint density at radius 3 is 2.30 bits per heavy atom. The third kappa shape index (κ3) is 2.67. The van der Waals surface area contributed by atoms with E-state index in [-0.39, 0.29) is 11.8 Å². The maximum atomic E-state index is 10.8. The van der Waals surface area contributed by atoms with Gasteiger partial charge in [0.2, 0.25) is 0 Å². The summed E-state index contributed by atoms with van der Waals surface area (Å²) >= 11 is 5.37. The van der Waals surface area contributed by atoms with Crippen LogP contribution in [-0.4, -0.2) is 11.8 Å². The van der Waals surface area contributed by atoms with Crippen molar-refractivity contribution in [2.24, 2.45) is 5.92 Å². The minimum absolute atomic E-state index is 0.101. The molecule has 60 valence electrons. The Morgan fingerprint density at radius 1 is 1.70 bits per heavy atom. The lowest BCUT2D eigenvalue weighted by molar-refractivity contribution is -0.119. The minimum Gasteiger partial charge on any atom is -0.298 e. The fraction of sp³-hybridized carbons (Fsp3) is 0.857. The molecule has 0 aromatic heterocycles. The molecule has 0 aliphatic heterocycles. The highest BCUT2D eigenvalue weighted by Crippen LogP contribution is 2.08. The molecule has 0 fully saturated rings. The molecule has 10 heavy (non-hydrogen) atoms. The molecule has 0 unspecified atom stereocenters. The normalized spacial score (nSPS) is 16.4. The first-order valence-corrected chi connectivity index (χ1v) is 3.87. The number of carbonyl (C=O) groups excluding carboxylic acids is 1. The largest absolute Gasteiger partial charge is 0.298 e. The summed E-state index contributed by atoms with van der Waals surface area (Å²) in [4.78, 5) is 13.3. The average Bonchev–Trinajstić information content (AvgIpc) is 1.88. The van der Waals surface area contributed by atoms with Gasteiger partial charge in [-0.3, -0.25) is 4.79 Å². The predicted molar refractivity (Wildman–Crippen MR) is 42.9 cm³/mol. The van der Waals surface area contributed by atoms with Crippen molar-refractivity contribution in [2.45, 2.75) is 33.2 Å². The van der Waals surface area contributed by atoms with Gasteiger partial charge in [0.1, 0.15) is 5.78 Å². The minimum atomic E-state index is -0.188. The Kier molecular flexibility index (Phi) is 4.65. The summed E-state index contributed by atoms with van der Waals surface area (Å²) in [6.07, 6.45) is 0.962. The number of carbonyl (C=O) groups is 1. The number of hydrogen-bond acceptors (Lipinski definition) is 2. The molecule has 2 atom stereocenters. The van der Waals surface area contributed by atoms with E-state index in [0.717, 1.165) is 6.42 Å². The third-order valence-corrected chi connectivity index (χ3v) is 2.00. The van der Waals surface area contributed by atoms with E-state index in [4.69, 9.17) is 11.8 Å². The molecule has 0 radical (unpaired) electrons. The van der Waals surface area contributed by atoms with Crippen LogP contribution in [0.1, 0.15) is 27.2 Å². The maximum Gasteiger partial charge on any atom is 0.148 e. The highest BCUT2D eigenvalue weighted by Gasteiger charge is 2.18. The summed E-state index contributed by atoms with van der Waals surface area (Å²) in [5, 5.41) is 0. The van der Waals surface area contributed by atoms with Crippen LogP contribution >= 0.6 is 11.8 Å². The van der Waals surface area contributed by atoms with Crippen LogP contribution in [0.25, 0.3) is 0 Å². The third-order valence-electron chi connectivity index (χ3n) is 1.77. The second kappa shape index (κ2) is 4.69. The van der Waals surface area contributed by atoms with Crippen LogP contribution in [0.4, 0.5) is 0 Å². The number of Topliss-reactive ketones (excluding diaryl/α,β-unsaturated/α-hetero) is 1. The number of halogens is 1. The van der Waals surface area contributed by atoms with Crippen molar-refractivity contribution in [2.75, 3.05) is 0 Å². The van der Waals surface area contributed by atoms with Crippen LogP contribution in [0, 0.1) is 5.92 Å². The van der Waals surface area contributed by atoms with E-state index < -0.39 is 0 Å². The van der Waals surface area contributed by atoms with E-state index in [0.29, 0.717) is 5.92 Å². The lowest BCUT2D eigenvalue weighted by Crippen LogP contribution is -2.35. The number of hydrogen-bond donors (Lipinski definition) is 1. The Labute approximate surface area is 67.1 Å². The molecule has 0 saturated carbocycles. The van der Waals surface area contributed by atoms with Gasteiger partial charge in [-0.05, 0) is 24.6 Å². The van der Waals surface area contributed by atoms with E-state index in [9.17, 15) is 4.79 Å². The van der Waals surface area contributed by atoms with Crippen molar-refractivity contribution < 1.29 is 4.79 Å².